The fourth-order valence-corrected chi connectivity index (χ4v) is 4.17. The number of anilines is 1. The van der Waals surface area contributed by atoms with Gasteiger partial charge in [0.25, 0.3) is 0 Å². The van der Waals surface area contributed by atoms with Crippen LogP contribution < -0.4 is 10.5 Å². The SMILES string of the molecule is Cc1cc(S(N)(=O)=O)cc(NC(=O)CSc2c(Cl)cccc2Cl)c1C. The van der Waals surface area contributed by atoms with Gasteiger partial charge in [0.1, 0.15) is 0 Å². The number of rotatable bonds is 5. The molecule has 9 heteroatoms. The second kappa shape index (κ2) is 7.97. The molecule has 0 atom stereocenters. The van der Waals surface area contributed by atoms with Crippen LogP contribution in [0.15, 0.2) is 40.1 Å². The number of hydrogen-bond acceptors (Lipinski definition) is 4. The predicted octanol–water partition coefficient (Wildman–Crippen LogP) is 3.99. The molecule has 2 aromatic carbocycles. The summed E-state index contributed by atoms with van der Waals surface area (Å²) in [7, 11) is -3.86. The number of thioether (sulfide) groups is 1. The second-order valence-corrected chi connectivity index (χ2v) is 8.71. The first-order valence-corrected chi connectivity index (χ1v) is 10.4. The van der Waals surface area contributed by atoms with E-state index in [0.29, 0.717) is 26.2 Å². The van der Waals surface area contributed by atoms with Crippen molar-refractivity contribution in [1.29, 1.82) is 0 Å². The number of nitrogens with one attached hydrogen (secondary N) is 1. The highest BCUT2D eigenvalue weighted by molar-refractivity contribution is 8.00. The third-order valence-corrected chi connectivity index (χ3v) is 6.39. The molecule has 0 saturated carbocycles. The van der Waals surface area contributed by atoms with Crippen molar-refractivity contribution in [3.05, 3.63) is 51.5 Å². The number of halogens is 2. The molecule has 3 N–H and O–H groups in total. The molecule has 134 valence electrons. The maximum Gasteiger partial charge on any atom is 0.238 e. The van der Waals surface area contributed by atoms with Gasteiger partial charge in [-0.2, -0.15) is 0 Å². The number of benzene rings is 2. The van der Waals surface area contributed by atoms with Crippen LogP contribution in [0.25, 0.3) is 0 Å². The second-order valence-electron chi connectivity index (χ2n) is 5.35. The average Bonchev–Trinajstić information content (AvgIpc) is 2.50. The lowest BCUT2D eigenvalue weighted by Gasteiger charge is -2.13. The molecule has 0 unspecified atom stereocenters. The van der Waals surface area contributed by atoms with Crippen molar-refractivity contribution in [3.63, 3.8) is 0 Å². The Morgan fingerprint density at radius 1 is 1.20 bits per heavy atom. The number of carbonyl (C=O) groups excluding carboxylic acids is 1. The molecule has 0 aliphatic carbocycles. The molecule has 2 aromatic rings. The normalized spacial score (nSPS) is 11.4. The Labute approximate surface area is 160 Å². The third-order valence-electron chi connectivity index (χ3n) is 3.51. The highest BCUT2D eigenvalue weighted by atomic mass is 35.5. The van der Waals surface area contributed by atoms with Gasteiger partial charge in [-0.3, -0.25) is 4.79 Å². The summed E-state index contributed by atoms with van der Waals surface area (Å²) < 4.78 is 23.1. The van der Waals surface area contributed by atoms with Gasteiger partial charge >= 0.3 is 0 Å². The highest BCUT2D eigenvalue weighted by Crippen LogP contribution is 2.34. The average molecular weight is 419 g/mol. The van der Waals surface area contributed by atoms with Gasteiger partial charge in [0.15, 0.2) is 0 Å². The minimum atomic E-state index is -3.86. The molecule has 1 amide bonds. The van der Waals surface area contributed by atoms with Gasteiger partial charge in [-0.05, 0) is 49.2 Å². The van der Waals surface area contributed by atoms with Crippen LogP contribution in [0.2, 0.25) is 10.0 Å². The summed E-state index contributed by atoms with van der Waals surface area (Å²) in [6.07, 6.45) is 0. The molecule has 0 aliphatic heterocycles. The first-order valence-electron chi connectivity index (χ1n) is 7.10. The third kappa shape index (κ3) is 5.12. The minimum Gasteiger partial charge on any atom is -0.325 e. The van der Waals surface area contributed by atoms with Crippen molar-refractivity contribution in [2.24, 2.45) is 5.14 Å². The molecule has 0 heterocycles. The van der Waals surface area contributed by atoms with Gasteiger partial charge < -0.3 is 5.32 Å². The van der Waals surface area contributed by atoms with E-state index < -0.39 is 10.0 Å². The number of nitrogens with two attached hydrogens (primary N) is 1. The zero-order valence-corrected chi connectivity index (χ0v) is 16.6. The van der Waals surface area contributed by atoms with Crippen molar-refractivity contribution in [1.82, 2.24) is 0 Å². The molecular formula is C16H16Cl2N2O3S2. The molecule has 25 heavy (non-hydrogen) atoms. The van der Waals surface area contributed by atoms with Crippen LogP contribution in [0.3, 0.4) is 0 Å². The summed E-state index contributed by atoms with van der Waals surface area (Å²) >= 11 is 13.3. The molecule has 0 fully saturated rings. The smallest absolute Gasteiger partial charge is 0.238 e. The number of sulfonamides is 1. The van der Waals surface area contributed by atoms with E-state index in [9.17, 15) is 13.2 Å². The van der Waals surface area contributed by atoms with E-state index in [-0.39, 0.29) is 16.6 Å². The fraction of sp³-hybridized carbons (Fsp3) is 0.188. The molecule has 0 aliphatic rings. The monoisotopic (exact) mass is 418 g/mol. The van der Waals surface area contributed by atoms with Crippen molar-refractivity contribution < 1.29 is 13.2 Å². The lowest BCUT2D eigenvalue weighted by Crippen LogP contribution is -2.17. The fourth-order valence-electron chi connectivity index (χ4n) is 2.06. The van der Waals surface area contributed by atoms with E-state index in [1.165, 1.54) is 23.9 Å². The Morgan fingerprint density at radius 2 is 1.80 bits per heavy atom. The Hall–Kier alpha value is -1.25. The van der Waals surface area contributed by atoms with Gasteiger partial charge in [0.05, 0.1) is 20.7 Å². The summed E-state index contributed by atoms with van der Waals surface area (Å²) in [6.45, 7) is 3.54. The maximum atomic E-state index is 12.2. The highest BCUT2D eigenvalue weighted by Gasteiger charge is 2.15. The summed E-state index contributed by atoms with van der Waals surface area (Å²) in [5.41, 5.74) is 1.88. The van der Waals surface area contributed by atoms with E-state index in [2.05, 4.69) is 5.32 Å². The van der Waals surface area contributed by atoms with Gasteiger partial charge in [-0.15, -0.1) is 11.8 Å². The van der Waals surface area contributed by atoms with E-state index in [0.717, 1.165) is 5.56 Å². The van der Waals surface area contributed by atoms with E-state index in [4.69, 9.17) is 28.3 Å². The zero-order valence-electron chi connectivity index (χ0n) is 13.5. The Bertz CT molecular complexity index is 911. The molecular weight excluding hydrogens is 403 g/mol. The number of aryl methyl sites for hydroxylation is 1. The summed E-state index contributed by atoms with van der Waals surface area (Å²) in [5.74, 6) is -0.239. The van der Waals surface area contributed by atoms with Crippen LogP contribution in [0.1, 0.15) is 11.1 Å². The quantitative estimate of drug-likeness (QED) is 0.718. The van der Waals surface area contributed by atoms with E-state index in [1.54, 1.807) is 32.0 Å². The van der Waals surface area contributed by atoms with Crippen molar-refractivity contribution >= 4 is 56.6 Å². The van der Waals surface area contributed by atoms with Crippen LogP contribution in [-0.4, -0.2) is 20.1 Å². The van der Waals surface area contributed by atoms with Gasteiger partial charge in [0, 0.05) is 10.6 Å². The molecule has 0 saturated heterocycles. The zero-order chi connectivity index (χ0) is 18.8. The summed E-state index contributed by atoms with van der Waals surface area (Å²) in [5, 5.41) is 8.81. The molecule has 5 nitrogen and oxygen atoms in total. The molecule has 0 aromatic heterocycles. The largest absolute Gasteiger partial charge is 0.325 e. The number of amides is 1. The van der Waals surface area contributed by atoms with E-state index in [1.807, 2.05) is 0 Å². The Balaban J connectivity index is 2.17. The Morgan fingerprint density at radius 3 is 2.36 bits per heavy atom. The summed E-state index contributed by atoms with van der Waals surface area (Å²) in [6, 6.07) is 7.93. The van der Waals surface area contributed by atoms with Gasteiger partial charge in [-0.1, -0.05) is 29.3 Å². The molecule has 0 radical (unpaired) electrons. The number of carbonyl (C=O) groups is 1. The minimum absolute atomic E-state index is 0.0484. The first kappa shape index (κ1) is 20.1. The van der Waals surface area contributed by atoms with Crippen LogP contribution >= 0.6 is 35.0 Å². The van der Waals surface area contributed by atoms with Crippen molar-refractivity contribution in [2.45, 2.75) is 23.6 Å². The number of hydrogen-bond donors (Lipinski definition) is 2. The number of primary sulfonamides is 1. The lowest BCUT2D eigenvalue weighted by atomic mass is 10.1. The molecule has 2 rings (SSSR count). The first-order chi connectivity index (χ1) is 11.6. The van der Waals surface area contributed by atoms with Crippen LogP contribution in [-0.2, 0) is 14.8 Å². The van der Waals surface area contributed by atoms with Crippen LogP contribution in [0.5, 0.6) is 0 Å². The molecule has 0 bridgehead atoms. The molecule has 0 spiro atoms. The van der Waals surface area contributed by atoms with Crippen LogP contribution in [0, 0.1) is 13.8 Å². The standard InChI is InChI=1S/C16H16Cl2N2O3S2/c1-9-6-11(25(19,22)23)7-14(10(9)2)20-15(21)8-24-16-12(17)4-3-5-13(16)18/h3-7H,8H2,1-2H3,(H,20,21)(H2,19,22,23). The van der Waals surface area contributed by atoms with Crippen molar-refractivity contribution in [3.8, 4) is 0 Å². The van der Waals surface area contributed by atoms with Gasteiger partial charge in [-0.25, -0.2) is 13.6 Å². The Kier molecular flexibility index (Phi) is 6.40. The van der Waals surface area contributed by atoms with E-state index >= 15 is 0 Å². The van der Waals surface area contributed by atoms with Gasteiger partial charge in [0.2, 0.25) is 15.9 Å². The predicted molar refractivity (Wildman–Crippen MR) is 103 cm³/mol. The van der Waals surface area contributed by atoms with Crippen molar-refractivity contribution in [2.75, 3.05) is 11.1 Å². The van der Waals surface area contributed by atoms with Crippen LogP contribution in [0.4, 0.5) is 5.69 Å². The maximum absolute atomic E-state index is 12.2. The summed E-state index contributed by atoms with van der Waals surface area (Å²) in [4.78, 5) is 12.8. The lowest BCUT2D eigenvalue weighted by molar-refractivity contribution is -0.113. The topological polar surface area (TPSA) is 89.3 Å².